The zero-order chi connectivity index (χ0) is 30.8. The molecule has 2 aromatic heterocycles. The summed E-state index contributed by atoms with van der Waals surface area (Å²) in [4.78, 5) is 32.7. The first-order chi connectivity index (χ1) is 22.1. The zero-order valence-electron chi connectivity index (χ0n) is 25.3. The number of likely N-dealkylation sites (N-methyl/N-ethyl adjacent to an activating group) is 1. The summed E-state index contributed by atoms with van der Waals surface area (Å²) in [7, 11) is 2.12. The monoisotopic (exact) mass is 608 g/mol. The molecule has 4 aromatic rings. The van der Waals surface area contributed by atoms with E-state index in [1.54, 1.807) is 29.3 Å². The molecule has 12 heteroatoms. The lowest BCUT2D eigenvalue weighted by Gasteiger charge is -2.39. The molecule has 0 spiro atoms. The van der Waals surface area contributed by atoms with Gasteiger partial charge in [0.2, 0.25) is 0 Å². The van der Waals surface area contributed by atoms with Gasteiger partial charge in [-0.15, -0.1) is 10.2 Å². The van der Waals surface area contributed by atoms with Crippen LogP contribution in [0, 0.1) is 11.3 Å². The first-order valence-corrected chi connectivity index (χ1v) is 15.5. The van der Waals surface area contributed by atoms with Gasteiger partial charge in [0.25, 0.3) is 0 Å². The Labute approximate surface area is 261 Å². The van der Waals surface area contributed by atoms with Gasteiger partial charge in [-0.3, -0.25) is 0 Å². The maximum absolute atomic E-state index is 12.8. The third-order valence-electron chi connectivity index (χ3n) is 8.95. The average molecular weight is 609 g/mol. The molecule has 5 heterocycles. The second-order valence-electron chi connectivity index (χ2n) is 11.8. The quantitative estimate of drug-likeness (QED) is 0.278. The number of carbonyl (C=O) groups is 1. The molecule has 0 radical (unpaired) electrons. The molecule has 12 nitrogen and oxygen atoms in total. The number of rotatable bonds is 9. The van der Waals surface area contributed by atoms with Gasteiger partial charge in [-0.1, -0.05) is 30.3 Å². The number of hydrogen-bond donors (Lipinski definition) is 0. The Morgan fingerprint density at radius 2 is 2.00 bits per heavy atom. The van der Waals surface area contributed by atoms with Crippen LogP contribution in [0.1, 0.15) is 46.4 Å². The molecule has 232 valence electrons. The van der Waals surface area contributed by atoms with Crippen molar-refractivity contribution in [1.82, 2.24) is 29.5 Å². The fourth-order valence-corrected chi connectivity index (χ4v) is 6.46. The van der Waals surface area contributed by atoms with Crippen molar-refractivity contribution in [3.63, 3.8) is 0 Å². The van der Waals surface area contributed by atoms with Crippen LogP contribution in [-0.4, -0.2) is 94.0 Å². The van der Waals surface area contributed by atoms with E-state index in [2.05, 4.69) is 29.0 Å². The third-order valence-corrected chi connectivity index (χ3v) is 8.95. The molecule has 0 aliphatic carbocycles. The van der Waals surface area contributed by atoms with E-state index < -0.39 is 5.97 Å². The standard InChI is InChI=1S/C33H36N8O4/c1-38-15-6-10-26(38)22-44-33-36-31(30-35-20-27(41(30)37-33)19-24-9-5-11-29-28(24)13-18-43-29)39-16-17-40(25(21-39)12-14-34)45-32(42)23-7-3-2-4-8-23/h2-5,7-9,11,20,25-26H,6,10,12-13,15-19,21-22H2,1H3/t25-,26-/m0/s1. The normalized spacial score (nSPS) is 20.1. The van der Waals surface area contributed by atoms with Crippen molar-refractivity contribution in [2.24, 2.45) is 0 Å². The predicted octanol–water partition coefficient (Wildman–Crippen LogP) is 3.30. The predicted molar refractivity (Wildman–Crippen MR) is 165 cm³/mol. The number of benzene rings is 2. The Morgan fingerprint density at radius 3 is 2.82 bits per heavy atom. The molecule has 2 saturated heterocycles. The minimum Gasteiger partial charge on any atom is -0.493 e. The number of nitrogens with zero attached hydrogens (tertiary/aromatic N) is 8. The molecular weight excluding hydrogens is 572 g/mol. The lowest BCUT2D eigenvalue weighted by Crippen LogP contribution is -2.54. The minimum absolute atomic E-state index is 0.179. The Hall–Kier alpha value is -4.73. The first kappa shape index (κ1) is 29.0. The Balaban J connectivity index is 1.18. The number of aromatic nitrogens is 4. The van der Waals surface area contributed by atoms with E-state index in [0.717, 1.165) is 37.3 Å². The van der Waals surface area contributed by atoms with Crippen molar-refractivity contribution in [2.45, 2.75) is 44.2 Å². The van der Waals surface area contributed by atoms with Gasteiger partial charge in [-0.25, -0.2) is 14.3 Å². The molecule has 0 N–H and O–H groups in total. The van der Waals surface area contributed by atoms with Crippen molar-refractivity contribution >= 4 is 17.4 Å². The van der Waals surface area contributed by atoms with Crippen molar-refractivity contribution in [1.29, 1.82) is 5.26 Å². The first-order valence-electron chi connectivity index (χ1n) is 15.5. The van der Waals surface area contributed by atoms with Crippen LogP contribution in [-0.2, 0) is 17.7 Å². The van der Waals surface area contributed by atoms with E-state index in [9.17, 15) is 10.1 Å². The average Bonchev–Trinajstić information content (AvgIpc) is 3.82. The molecule has 0 amide bonds. The van der Waals surface area contributed by atoms with E-state index in [0.29, 0.717) is 62.3 Å². The summed E-state index contributed by atoms with van der Waals surface area (Å²) in [5, 5.41) is 16.1. The van der Waals surface area contributed by atoms with Crippen LogP contribution in [0.4, 0.5) is 5.82 Å². The number of imidazole rings is 1. The summed E-state index contributed by atoms with van der Waals surface area (Å²) in [6.07, 6.45) is 5.76. The molecule has 0 unspecified atom stereocenters. The second kappa shape index (κ2) is 12.7. The van der Waals surface area contributed by atoms with Crippen molar-refractivity contribution in [3.8, 4) is 17.8 Å². The second-order valence-corrected chi connectivity index (χ2v) is 11.8. The Bertz CT molecular complexity index is 1720. The van der Waals surface area contributed by atoms with Crippen LogP contribution in [0.25, 0.3) is 5.65 Å². The largest absolute Gasteiger partial charge is 0.493 e. The number of likely N-dealkylation sites (tertiary alicyclic amines) is 1. The smallest absolute Gasteiger partial charge is 0.357 e. The maximum atomic E-state index is 12.8. The highest BCUT2D eigenvalue weighted by Crippen LogP contribution is 2.31. The molecule has 2 fully saturated rings. The van der Waals surface area contributed by atoms with Gasteiger partial charge >= 0.3 is 12.0 Å². The molecule has 7 rings (SSSR count). The van der Waals surface area contributed by atoms with Crippen LogP contribution < -0.4 is 14.4 Å². The van der Waals surface area contributed by atoms with Gasteiger partial charge in [0.1, 0.15) is 12.4 Å². The van der Waals surface area contributed by atoms with Gasteiger partial charge in [0.05, 0.1) is 49.1 Å². The number of piperazine rings is 1. The molecule has 45 heavy (non-hydrogen) atoms. The number of nitriles is 1. The van der Waals surface area contributed by atoms with E-state index in [-0.39, 0.29) is 18.5 Å². The summed E-state index contributed by atoms with van der Waals surface area (Å²) in [5.74, 6) is 1.13. The van der Waals surface area contributed by atoms with Gasteiger partial charge in [0, 0.05) is 37.5 Å². The molecular formula is C33H36N8O4. The van der Waals surface area contributed by atoms with Crippen molar-refractivity contribution in [2.75, 3.05) is 51.3 Å². The highest BCUT2D eigenvalue weighted by Gasteiger charge is 2.33. The summed E-state index contributed by atoms with van der Waals surface area (Å²) in [6, 6.07) is 17.5. The minimum atomic E-state index is -0.445. The lowest BCUT2D eigenvalue weighted by molar-refractivity contribution is -0.140. The molecule has 3 aliphatic heterocycles. The lowest BCUT2D eigenvalue weighted by atomic mass is 10.0. The zero-order valence-corrected chi connectivity index (χ0v) is 25.3. The number of ether oxygens (including phenoxy) is 2. The fraction of sp³-hybridized carbons (Fsp3) is 0.424. The van der Waals surface area contributed by atoms with Crippen LogP contribution in [0.5, 0.6) is 11.8 Å². The summed E-state index contributed by atoms with van der Waals surface area (Å²) >= 11 is 0. The SMILES string of the molecule is CN1CCC[C@H]1COc1nc(N2CCN(OC(=O)c3ccccc3)[C@@H](CC#N)C2)c2ncc(Cc3cccc4c3CCO4)n2n1. The van der Waals surface area contributed by atoms with E-state index in [1.165, 1.54) is 11.1 Å². The molecule has 2 aromatic carbocycles. The topological polar surface area (TPSA) is 121 Å². The fourth-order valence-electron chi connectivity index (χ4n) is 6.46. The van der Waals surface area contributed by atoms with Crippen LogP contribution >= 0.6 is 0 Å². The maximum Gasteiger partial charge on any atom is 0.357 e. The number of anilines is 1. The van der Waals surface area contributed by atoms with Gasteiger partial charge in [-0.05, 0) is 50.2 Å². The van der Waals surface area contributed by atoms with E-state index >= 15 is 0 Å². The summed E-state index contributed by atoms with van der Waals surface area (Å²) in [6.45, 7) is 3.56. The van der Waals surface area contributed by atoms with Crippen molar-refractivity contribution < 1.29 is 19.1 Å². The molecule has 2 atom stereocenters. The summed E-state index contributed by atoms with van der Waals surface area (Å²) < 4.78 is 13.9. The van der Waals surface area contributed by atoms with Crippen LogP contribution in [0.2, 0.25) is 0 Å². The highest BCUT2D eigenvalue weighted by atomic mass is 16.7. The Morgan fingerprint density at radius 1 is 1.11 bits per heavy atom. The van der Waals surface area contributed by atoms with Gasteiger partial charge in [-0.2, -0.15) is 10.2 Å². The van der Waals surface area contributed by atoms with Crippen LogP contribution in [0.15, 0.2) is 54.7 Å². The van der Waals surface area contributed by atoms with Crippen molar-refractivity contribution in [3.05, 3.63) is 77.1 Å². The van der Waals surface area contributed by atoms with Gasteiger partial charge < -0.3 is 24.1 Å². The number of fused-ring (bicyclic) bond motifs is 2. The van der Waals surface area contributed by atoms with Crippen LogP contribution in [0.3, 0.4) is 0 Å². The highest BCUT2D eigenvalue weighted by molar-refractivity contribution is 5.89. The number of carbonyl (C=O) groups excluding carboxylic acids is 1. The Kier molecular flexibility index (Phi) is 8.19. The number of hydroxylamine groups is 2. The third kappa shape index (κ3) is 6.01. The van der Waals surface area contributed by atoms with Gasteiger partial charge in [0.15, 0.2) is 11.5 Å². The van der Waals surface area contributed by atoms with E-state index in [4.69, 9.17) is 29.4 Å². The molecule has 0 bridgehead atoms. The number of hydrogen-bond acceptors (Lipinski definition) is 11. The summed E-state index contributed by atoms with van der Waals surface area (Å²) in [5.41, 5.74) is 4.40. The van der Waals surface area contributed by atoms with E-state index in [1.807, 2.05) is 28.9 Å². The molecule has 3 aliphatic rings. The molecule has 0 saturated carbocycles.